The molecule has 1 N–H and O–H groups in total. The predicted molar refractivity (Wildman–Crippen MR) is 73.4 cm³/mol. The number of nitrogens with one attached hydrogen (secondary N) is 1. The third-order valence-electron chi connectivity index (χ3n) is 3.71. The first-order valence-corrected chi connectivity index (χ1v) is 7.13. The van der Waals surface area contributed by atoms with E-state index in [1.165, 1.54) is 38.9 Å². The Labute approximate surface area is 107 Å². The SMILES string of the molecule is CCC1CCN(CC(C)COC)CCC(C)N1. The van der Waals surface area contributed by atoms with Crippen LogP contribution in [0.5, 0.6) is 0 Å². The van der Waals surface area contributed by atoms with Gasteiger partial charge in [0, 0.05) is 32.3 Å². The van der Waals surface area contributed by atoms with Crippen LogP contribution in [-0.4, -0.2) is 50.3 Å². The third-order valence-corrected chi connectivity index (χ3v) is 3.71. The highest BCUT2D eigenvalue weighted by molar-refractivity contribution is 4.77. The Hall–Kier alpha value is -0.120. The van der Waals surface area contributed by atoms with E-state index in [1.54, 1.807) is 7.11 Å². The van der Waals surface area contributed by atoms with E-state index >= 15 is 0 Å². The fraction of sp³-hybridized carbons (Fsp3) is 1.00. The highest BCUT2D eigenvalue weighted by Gasteiger charge is 2.18. The fourth-order valence-electron chi connectivity index (χ4n) is 2.68. The van der Waals surface area contributed by atoms with Crippen LogP contribution in [0.4, 0.5) is 0 Å². The van der Waals surface area contributed by atoms with Gasteiger partial charge in [-0.05, 0) is 45.2 Å². The number of methoxy groups -OCH3 is 1. The van der Waals surface area contributed by atoms with E-state index in [1.807, 2.05) is 0 Å². The van der Waals surface area contributed by atoms with Crippen molar-refractivity contribution in [3.63, 3.8) is 0 Å². The molecule has 3 unspecified atom stereocenters. The standard InChI is InChI=1S/C14H30N2O/c1-5-14-7-9-16(8-6-13(3)15-14)10-12(2)11-17-4/h12-15H,5-11H2,1-4H3. The first-order valence-electron chi connectivity index (χ1n) is 7.13. The van der Waals surface area contributed by atoms with Gasteiger partial charge in [0.05, 0.1) is 0 Å². The Balaban J connectivity index is 2.38. The van der Waals surface area contributed by atoms with Gasteiger partial charge in [0.25, 0.3) is 0 Å². The van der Waals surface area contributed by atoms with Crippen LogP contribution in [0.1, 0.15) is 40.0 Å². The number of hydrogen-bond acceptors (Lipinski definition) is 3. The van der Waals surface area contributed by atoms with Crippen LogP contribution in [0.2, 0.25) is 0 Å². The summed E-state index contributed by atoms with van der Waals surface area (Å²) < 4.78 is 5.23. The van der Waals surface area contributed by atoms with Gasteiger partial charge < -0.3 is 15.0 Å². The third kappa shape index (κ3) is 5.84. The van der Waals surface area contributed by atoms with E-state index in [4.69, 9.17) is 4.74 Å². The lowest BCUT2D eigenvalue weighted by Gasteiger charge is -2.33. The molecule has 0 amide bonds. The molecule has 0 aromatic heterocycles. The van der Waals surface area contributed by atoms with Crippen LogP contribution < -0.4 is 5.32 Å². The van der Waals surface area contributed by atoms with Crippen LogP contribution in [0.3, 0.4) is 0 Å². The maximum absolute atomic E-state index is 5.23. The lowest BCUT2D eigenvalue weighted by molar-refractivity contribution is 0.120. The second-order valence-corrected chi connectivity index (χ2v) is 5.61. The monoisotopic (exact) mass is 242 g/mol. The summed E-state index contributed by atoms with van der Waals surface area (Å²) in [6.45, 7) is 11.4. The maximum atomic E-state index is 5.23. The smallest absolute Gasteiger partial charge is 0.0500 e. The van der Waals surface area contributed by atoms with Crippen molar-refractivity contribution in [2.45, 2.75) is 52.1 Å². The summed E-state index contributed by atoms with van der Waals surface area (Å²) in [6, 6.07) is 1.35. The highest BCUT2D eigenvalue weighted by atomic mass is 16.5. The molecule has 17 heavy (non-hydrogen) atoms. The summed E-state index contributed by atoms with van der Waals surface area (Å²) >= 11 is 0. The van der Waals surface area contributed by atoms with Crippen molar-refractivity contribution in [3.8, 4) is 0 Å². The first-order chi connectivity index (χ1) is 8.15. The van der Waals surface area contributed by atoms with Crippen molar-refractivity contribution < 1.29 is 4.74 Å². The van der Waals surface area contributed by atoms with Crippen molar-refractivity contribution >= 4 is 0 Å². The van der Waals surface area contributed by atoms with Crippen molar-refractivity contribution in [1.29, 1.82) is 0 Å². The molecule has 0 aliphatic carbocycles. The lowest BCUT2D eigenvalue weighted by atomic mass is 10.0. The van der Waals surface area contributed by atoms with Gasteiger partial charge in [0.15, 0.2) is 0 Å². The zero-order valence-corrected chi connectivity index (χ0v) is 12.0. The summed E-state index contributed by atoms with van der Waals surface area (Å²) in [6.07, 6.45) is 3.78. The number of rotatable bonds is 5. The average Bonchev–Trinajstić information content (AvgIpc) is 2.28. The summed E-state index contributed by atoms with van der Waals surface area (Å²) in [5.74, 6) is 0.641. The Bertz CT molecular complexity index is 199. The molecule has 3 atom stereocenters. The molecule has 0 aromatic carbocycles. The van der Waals surface area contributed by atoms with E-state index in [9.17, 15) is 0 Å². The van der Waals surface area contributed by atoms with Crippen molar-refractivity contribution in [3.05, 3.63) is 0 Å². The van der Waals surface area contributed by atoms with E-state index < -0.39 is 0 Å². The van der Waals surface area contributed by atoms with Gasteiger partial charge in [0.1, 0.15) is 0 Å². The molecular formula is C14H30N2O. The number of hydrogen-bond donors (Lipinski definition) is 1. The Kier molecular flexibility index (Phi) is 7.09. The zero-order chi connectivity index (χ0) is 12.7. The van der Waals surface area contributed by atoms with Gasteiger partial charge in [-0.3, -0.25) is 0 Å². The molecule has 0 saturated carbocycles. The molecular weight excluding hydrogens is 212 g/mol. The summed E-state index contributed by atoms with van der Waals surface area (Å²) in [4.78, 5) is 2.61. The first kappa shape index (κ1) is 14.9. The summed E-state index contributed by atoms with van der Waals surface area (Å²) in [5.41, 5.74) is 0. The Morgan fingerprint density at radius 3 is 2.71 bits per heavy atom. The molecule has 0 spiro atoms. The van der Waals surface area contributed by atoms with Crippen molar-refractivity contribution in [2.75, 3.05) is 33.4 Å². The van der Waals surface area contributed by atoms with Crippen LogP contribution in [0, 0.1) is 5.92 Å². The van der Waals surface area contributed by atoms with E-state index in [-0.39, 0.29) is 0 Å². The minimum absolute atomic E-state index is 0.641. The average molecular weight is 242 g/mol. The van der Waals surface area contributed by atoms with Crippen LogP contribution in [0.15, 0.2) is 0 Å². The molecule has 3 nitrogen and oxygen atoms in total. The minimum Gasteiger partial charge on any atom is -0.384 e. The van der Waals surface area contributed by atoms with Crippen molar-refractivity contribution in [1.82, 2.24) is 10.2 Å². The zero-order valence-electron chi connectivity index (χ0n) is 12.0. The predicted octanol–water partition coefficient (Wildman–Crippen LogP) is 2.12. The second kappa shape index (κ2) is 8.06. The van der Waals surface area contributed by atoms with Gasteiger partial charge in [-0.2, -0.15) is 0 Å². The van der Waals surface area contributed by atoms with Crippen LogP contribution in [-0.2, 0) is 4.74 Å². The molecule has 1 aliphatic rings. The van der Waals surface area contributed by atoms with Gasteiger partial charge in [0.2, 0.25) is 0 Å². The molecule has 1 heterocycles. The molecule has 1 fully saturated rings. The number of ether oxygens (including phenoxy) is 1. The van der Waals surface area contributed by atoms with E-state index in [0.717, 1.165) is 6.61 Å². The van der Waals surface area contributed by atoms with Gasteiger partial charge in [-0.1, -0.05) is 13.8 Å². The molecule has 3 heteroatoms. The summed E-state index contributed by atoms with van der Waals surface area (Å²) in [5, 5.41) is 3.72. The lowest BCUT2D eigenvalue weighted by Crippen LogP contribution is -2.45. The second-order valence-electron chi connectivity index (χ2n) is 5.61. The topological polar surface area (TPSA) is 24.5 Å². The highest BCUT2D eigenvalue weighted by Crippen LogP contribution is 2.11. The molecule has 1 aliphatic heterocycles. The van der Waals surface area contributed by atoms with Gasteiger partial charge in [-0.15, -0.1) is 0 Å². The fourth-order valence-corrected chi connectivity index (χ4v) is 2.68. The Morgan fingerprint density at radius 1 is 1.35 bits per heavy atom. The normalized spacial score (nSPS) is 29.6. The van der Waals surface area contributed by atoms with Crippen LogP contribution in [0.25, 0.3) is 0 Å². The number of nitrogens with zero attached hydrogens (tertiary/aromatic N) is 1. The van der Waals surface area contributed by atoms with Gasteiger partial charge in [-0.25, -0.2) is 0 Å². The van der Waals surface area contributed by atoms with Crippen LogP contribution >= 0.6 is 0 Å². The summed E-state index contributed by atoms with van der Waals surface area (Å²) in [7, 11) is 1.79. The molecule has 0 bridgehead atoms. The Morgan fingerprint density at radius 2 is 2.06 bits per heavy atom. The van der Waals surface area contributed by atoms with E-state index in [0.29, 0.717) is 18.0 Å². The molecule has 0 aromatic rings. The molecule has 0 radical (unpaired) electrons. The molecule has 1 rings (SSSR count). The molecule has 1 saturated heterocycles. The maximum Gasteiger partial charge on any atom is 0.0500 e. The van der Waals surface area contributed by atoms with Gasteiger partial charge >= 0.3 is 0 Å². The molecule has 102 valence electrons. The van der Waals surface area contributed by atoms with Crippen molar-refractivity contribution in [2.24, 2.45) is 5.92 Å². The quantitative estimate of drug-likeness (QED) is 0.799. The largest absolute Gasteiger partial charge is 0.384 e. The van der Waals surface area contributed by atoms with E-state index in [2.05, 4.69) is 31.0 Å². The minimum atomic E-state index is 0.641.